The van der Waals surface area contributed by atoms with Crippen molar-refractivity contribution in [1.29, 1.82) is 0 Å². The van der Waals surface area contributed by atoms with E-state index in [4.69, 9.17) is 11.6 Å². The summed E-state index contributed by atoms with van der Waals surface area (Å²) in [6.45, 7) is 5.09. The van der Waals surface area contributed by atoms with Crippen LogP contribution in [0.25, 0.3) is 0 Å². The van der Waals surface area contributed by atoms with Crippen LogP contribution < -0.4 is 10.6 Å². The molecule has 14 heavy (non-hydrogen) atoms. The van der Waals surface area contributed by atoms with E-state index in [1.54, 1.807) is 0 Å². The molecule has 1 aromatic carbocycles. The maximum atomic E-state index is 6.08. The van der Waals surface area contributed by atoms with E-state index in [1.165, 1.54) is 5.56 Å². The number of nitrogens with one attached hydrogen (secondary N) is 2. The highest BCUT2D eigenvalue weighted by molar-refractivity contribution is 6.31. The van der Waals surface area contributed by atoms with E-state index < -0.39 is 0 Å². The molecule has 1 atom stereocenters. The molecule has 1 unspecified atom stereocenters. The molecule has 76 valence electrons. The van der Waals surface area contributed by atoms with Gasteiger partial charge in [-0.15, -0.1) is 0 Å². The first kappa shape index (κ1) is 9.97. The Morgan fingerprint density at radius 2 is 2.21 bits per heavy atom. The van der Waals surface area contributed by atoms with Gasteiger partial charge in [0.05, 0.1) is 0 Å². The lowest BCUT2D eigenvalue weighted by Crippen LogP contribution is -2.42. The van der Waals surface area contributed by atoms with Crippen molar-refractivity contribution in [2.45, 2.75) is 13.0 Å². The minimum Gasteiger partial charge on any atom is -0.314 e. The second-order valence-corrected chi connectivity index (χ2v) is 4.13. The SMILES string of the molecule is Cc1ccc(C2CNCCN2)cc1Cl. The second kappa shape index (κ2) is 4.30. The van der Waals surface area contributed by atoms with Crippen molar-refractivity contribution < 1.29 is 0 Å². The predicted octanol–water partition coefficient (Wildman–Crippen LogP) is 1.88. The molecule has 1 aromatic rings. The van der Waals surface area contributed by atoms with Crippen LogP contribution in [0.5, 0.6) is 0 Å². The van der Waals surface area contributed by atoms with Crippen molar-refractivity contribution >= 4 is 11.6 Å². The van der Waals surface area contributed by atoms with Gasteiger partial charge < -0.3 is 10.6 Å². The van der Waals surface area contributed by atoms with Gasteiger partial charge >= 0.3 is 0 Å². The minimum absolute atomic E-state index is 0.404. The molecule has 0 amide bonds. The Labute approximate surface area is 89.7 Å². The first-order chi connectivity index (χ1) is 6.77. The predicted molar refractivity (Wildman–Crippen MR) is 59.8 cm³/mol. The van der Waals surface area contributed by atoms with Gasteiger partial charge in [-0.25, -0.2) is 0 Å². The zero-order valence-electron chi connectivity index (χ0n) is 8.31. The van der Waals surface area contributed by atoms with Crippen molar-refractivity contribution in [3.8, 4) is 0 Å². The molecule has 0 aliphatic carbocycles. The quantitative estimate of drug-likeness (QED) is 0.740. The Morgan fingerprint density at radius 3 is 2.86 bits per heavy atom. The van der Waals surface area contributed by atoms with Gasteiger partial charge in [-0.2, -0.15) is 0 Å². The molecule has 1 heterocycles. The second-order valence-electron chi connectivity index (χ2n) is 3.72. The van der Waals surface area contributed by atoms with Crippen LogP contribution in [0.15, 0.2) is 18.2 Å². The molecule has 0 bridgehead atoms. The molecule has 2 rings (SSSR count). The fraction of sp³-hybridized carbons (Fsp3) is 0.455. The van der Waals surface area contributed by atoms with Gasteiger partial charge in [0.25, 0.3) is 0 Å². The van der Waals surface area contributed by atoms with Crippen LogP contribution in [0.1, 0.15) is 17.2 Å². The smallest absolute Gasteiger partial charge is 0.0447 e. The van der Waals surface area contributed by atoms with Gasteiger partial charge in [-0.3, -0.25) is 0 Å². The van der Waals surface area contributed by atoms with Crippen LogP contribution in [0, 0.1) is 6.92 Å². The van der Waals surface area contributed by atoms with Gasteiger partial charge in [-0.1, -0.05) is 23.7 Å². The number of hydrogen-bond acceptors (Lipinski definition) is 2. The first-order valence-electron chi connectivity index (χ1n) is 4.97. The molecule has 2 nitrogen and oxygen atoms in total. The summed E-state index contributed by atoms with van der Waals surface area (Å²) in [6.07, 6.45) is 0. The molecule has 1 aliphatic heterocycles. The standard InChI is InChI=1S/C11H15ClN2/c1-8-2-3-9(6-10(8)12)11-7-13-4-5-14-11/h2-3,6,11,13-14H,4-5,7H2,1H3. The van der Waals surface area contributed by atoms with Crippen LogP contribution >= 0.6 is 11.6 Å². The summed E-state index contributed by atoms with van der Waals surface area (Å²) >= 11 is 6.08. The van der Waals surface area contributed by atoms with E-state index >= 15 is 0 Å². The lowest BCUT2D eigenvalue weighted by molar-refractivity contribution is 0.430. The summed E-state index contributed by atoms with van der Waals surface area (Å²) in [5.74, 6) is 0. The Hall–Kier alpha value is -0.570. The number of aryl methyl sites for hydroxylation is 1. The molecular weight excluding hydrogens is 196 g/mol. The molecular formula is C11H15ClN2. The molecule has 2 N–H and O–H groups in total. The third kappa shape index (κ3) is 2.08. The fourth-order valence-corrected chi connectivity index (χ4v) is 1.90. The van der Waals surface area contributed by atoms with Gasteiger partial charge in [0.2, 0.25) is 0 Å². The summed E-state index contributed by atoms with van der Waals surface area (Å²) < 4.78 is 0. The summed E-state index contributed by atoms with van der Waals surface area (Å²) in [5, 5.41) is 7.68. The van der Waals surface area contributed by atoms with Gasteiger partial charge in [0.15, 0.2) is 0 Å². The number of benzene rings is 1. The van der Waals surface area contributed by atoms with Gasteiger partial charge in [-0.05, 0) is 24.1 Å². The molecule has 1 fully saturated rings. The van der Waals surface area contributed by atoms with Crippen molar-refractivity contribution in [3.63, 3.8) is 0 Å². The Bertz CT molecular complexity index is 319. The van der Waals surface area contributed by atoms with Crippen LogP contribution in [-0.4, -0.2) is 19.6 Å². The summed E-state index contributed by atoms with van der Waals surface area (Å²) in [6, 6.07) is 6.68. The average Bonchev–Trinajstić information content (AvgIpc) is 2.23. The van der Waals surface area contributed by atoms with Crippen LogP contribution in [0.3, 0.4) is 0 Å². The van der Waals surface area contributed by atoms with E-state index in [-0.39, 0.29) is 0 Å². The zero-order valence-corrected chi connectivity index (χ0v) is 9.06. The largest absolute Gasteiger partial charge is 0.314 e. The number of hydrogen-bond donors (Lipinski definition) is 2. The first-order valence-corrected chi connectivity index (χ1v) is 5.35. The molecule has 0 saturated carbocycles. The van der Waals surface area contributed by atoms with E-state index in [0.29, 0.717) is 6.04 Å². The van der Waals surface area contributed by atoms with Crippen LogP contribution in [0.4, 0.5) is 0 Å². The molecule has 1 aliphatic rings. The molecule has 1 saturated heterocycles. The maximum absolute atomic E-state index is 6.08. The van der Waals surface area contributed by atoms with Crippen molar-refractivity contribution in [2.24, 2.45) is 0 Å². The highest BCUT2D eigenvalue weighted by Crippen LogP contribution is 2.21. The third-order valence-corrected chi connectivity index (χ3v) is 3.05. The summed E-state index contributed by atoms with van der Waals surface area (Å²) in [5.41, 5.74) is 2.41. The topological polar surface area (TPSA) is 24.1 Å². The number of halogens is 1. The van der Waals surface area contributed by atoms with Crippen molar-refractivity contribution in [1.82, 2.24) is 10.6 Å². The highest BCUT2D eigenvalue weighted by atomic mass is 35.5. The van der Waals surface area contributed by atoms with E-state index in [2.05, 4.69) is 28.8 Å². The van der Waals surface area contributed by atoms with Crippen molar-refractivity contribution in [3.05, 3.63) is 34.3 Å². The Kier molecular flexibility index (Phi) is 3.06. The molecule has 0 aromatic heterocycles. The third-order valence-electron chi connectivity index (χ3n) is 2.64. The number of piperazine rings is 1. The minimum atomic E-state index is 0.404. The summed E-state index contributed by atoms with van der Waals surface area (Å²) in [7, 11) is 0. The molecule has 0 spiro atoms. The average molecular weight is 211 g/mol. The lowest BCUT2D eigenvalue weighted by Gasteiger charge is -2.25. The van der Waals surface area contributed by atoms with Crippen molar-refractivity contribution in [2.75, 3.05) is 19.6 Å². The lowest BCUT2D eigenvalue weighted by atomic mass is 10.0. The summed E-state index contributed by atoms with van der Waals surface area (Å²) in [4.78, 5) is 0. The Balaban J connectivity index is 2.18. The molecule has 0 radical (unpaired) electrons. The van der Waals surface area contributed by atoms with E-state index in [1.807, 2.05) is 6.92 Å². The number of rotatable bonds is 1. The Morgan fingerprint density at radius 1 is 1.36 bits per heavy atom. The monoisotopic (exact) mass is 210 g/mol. The zero-order chi connectivity index (χ0) is 9.97. The van der Waals surface area contributed by atoms with E-state index in [0.717, 1.165) is 30.2 Å². The van der Waals surface area contributed by atoms with Gasteiger partial charge in [0.1, 0.15) is 0 Å². The maximum Gasteiger partial charge on any atom is 0.0447 e. The fourth-order valence-electron chi connectivity index (χ4n) is 1.71. The van der Waals surface area contributed by atoms with Crippen LogP contribution in [0.2, 0.25) is 5.02 Å². The normalized spacial score (nSPS) is 22.3. The van der Waals surface area contributed by atoms with E-state index in [9.17, 15) is 0 Å². The van der Waals surface area contributed by atoms with Crippen LogP contribution in [-0.2, 0) is 0 Å². The highest BCUT2D eigenvalue weighted by Gasteiger charge is 2.14. The molecule has 3 heteroatoms. The van der Waals surface area contributed by atoms with Gasteiger partial charge in [0, 0.05) is 30.7 Å².